The molecule has 270 valence electrons. The SMILES string of the molecule is Cc1ncsc1-c1ccc(CNC(=O)[C@@H]2C[C@@H](O)CN2C(=O)[C@@H](NC(=O)CCCCC/C=C\COC[C@@H](N)CCC(N)=O)C(C)(C)C)cc1. The van der Waals surface area contributed by atoms with Crippen molar-refractivity contribution in [3.8, 4) is 10.4 Å². The lowest BCUT2D eigenvalue weighted by atomic mass is 9.85. The number of aromatic nitrogens is 1. The van der Waals surface area contributed by atoms with Gasteiger partial charge in [0.2, 0.25) is 23.6 Å². The van der Waals surface area contributed by atoms with E-state index in [-0.39, 0.29) is 62.0 Å². The summed E-state index contributed by atoms with van der Waals surface area (Å²) in [6.45, 7) is 8.71. The molecule has 1 saturated heterocycles. The van der Waals surface area contributed by atoms with Crippen molar-refractivity contribution in [2.45, 2.75) is 110 Å². The van der Waals surface area contributed by atoms with Crippen molar-refractivity contribution in [1.29, 1.82) is 0 Å². The lowest BCUT2D eigenvalue weighted by molar-refractivity contribution is -0.144. The molecular formula is C36H54N6O6S. The van der Waals surface area contributed by atoms with E-state index >= 15 is 0 Å². The quantitative estimate of drug-likeness (QED) is 0.109. The van der Waals surface area contributed by atoms with Crippen LogP contribution in [0.2, 0.25) is 0 Å². The van der Waals surface area contributed by atoms with Crippen molar-refractivity contribution in [1.82, 2.24) is 20.5 Å². The van der Waals surface area contributed by atoms with Crippen LogP contribution in [-0.4, -0.2) is 82.6 Å². The van der Waals surface area contributed by atoms with Crippen LogP contribution in [0.25, 0.3) is 10.4 Å². The molecular weight excluding hydrogens is 644 g/mol. The van der Waals surface area contributed by atoms with E-state index in [2.05, 4.69) is 15.6 Å². The Morgan fingerprint density at radius 1 is 1.12 bits per heavy atom. The first kappa shape index (κ1) is 39.8. The van der Waals surface area contributed by atoms with Gasteiger partial charge in [0.05, 0.1) is 35.4 Å². The molecule has 2 heterocycles. The van der Waals surface area contributed by atoms with Crippen LogP contribution in [0.1, 0.15) is 83.4 Å². The minimum Gasteiger partial charge on any atom is -0.391 e. The topological polar surface area (TPSA) is 190 Å². The first-order valence-corrected chi connectivity index (χ1v) is 18.0. The number of hydrogen-bond acceptors (Lipinski definition) is 9. The number of β-amino-alcohol motifs (C(OH)–C–C–N with tert-alkyl or cyclic N) is 1. The number of aryl methyl sites for hydroxylation is 1. The summed E-state index contributed by atoms with van der Waals surface area (Å²) in [4.78, 5) is 57.7. The highest BCUT2D eigenvalue weighted by Gasteiger charge is 2.44. The second-order valence-corrected chi connectivity index (χ2v) is 14.7. The zero-order valence-electron chi connectivity index (χ0n) is 29.3. The number of carbonyl (C=O) groups is 4. The third-order valence-corrected chi connectivity index (χ3v) is 9.44. The van der Waals surface area contributed by atoms with Gasteiger partial charge in [0.15, 0.2) is 0 Å². The molecule has 1 aliphatic rings. The first-order chi connectivity index (χ1) is 23.3. The smallest absolute Gasteiger partial charge is 0.246 e. The number of rotatable bonds is 19. The van der Waals surface area contributed by atoms with Crippen LogP contribution in [0.15, 0.2) is 41.9 Å². The number of allylic oxidation sites excluding steroid dienone is 1. The lowest BCUT2D eigenvalue weighted by Gasteiger charge is -2.35. The van der Waals surface area contributed by atoms with Crippen molar-refractivity contribution in [3.05, 3.63) is 53.2 Å². The number of aliphatic hydroxyl groups excluding tert-OH is 1. The van der Waals surface area contributed by atoms with Crippen LogP contribution < -0.4 is 22.1 Å². The molecule has 0 aliphatic carbocycles. The Kier molecular flexibility index (Phi) is 15.8. The highest BCUT2D eigenvalue weighted by Crippen LogP contribution is 2.28. The second kappa shape index (κ2) is 19.5. The summed E-state index contributed by atoms with van der Waals surface area (Å²) in [5, 5.41) is 16.3. The molecule has 4 amide bonds. The van der Waals surface area contributed by atoms with E-state index < -0.39 is 23.6 Å². The summed E-state index contributed by atoms with van der Waals surface area (Å²) in [6, 6.07) is 6.00. The van der Waals surface area contributed by atoms with Gasteiger partial charge in [-0.2, -0.15) is 0 Å². The second-order valence-electron chi connectivity index (χ2n) is 13.8. The van der Waals surface area contributed by atoms with E-state index in [9.17, 15) is 24.3 Å². The van der Waals surface area contributed by atoms with Crippen LogP contribution >= 0.6 is 11.3 Å². The van der Waals surface area contributed by atoms with E-state index in [0.717, 1.165) is 41.0 Å². The van der Waals surface area contributed by atoms with Crippen LogP contribution in [0.3, 0.4) is 0 Å². The number of aliphatic hydroxyl groups is 1. The van der Waals surface area contributed by atoms with Gasteiger partial charge in [-0.25, -0.2) is 4.98 Å². The molecule has 2 aromatic rings. The van der Waals surface area contributed by atoms with Gasteiger partial charge in [-0.3, -0.25) is 19.2 Å². The average Bonchev–Trinajstić information content (AvgIpc) is 3.66. The van der Waals surface area contributed by atoms with Gasteiger partial charge >= 0.3 is 0 Å². The highest BCUT2D eigenvalue weighted by molar-refractivity contribution is 7.13. The third-order valence-electron chi connectivity index (χ3n) is 8.46. The van der Waals surface area contributed by atoms with Crippen molar-refractivity contribution < 1.29 is 29.0 Å². The Balaban J connectivity index is 1.43. The average molecular weight is 699 g/mol. The highest BCUT2D eigenvalue weighted by atomic mass is 32.1. The van der Waals surface area contributed by atoms with Gasteiger partial charge in [0.1, 0.15) is 12.1 Å². The van der Waals surface area contributed by atoms with Crippen molar-refractivity contribution in [3.63, 3.8) is 0 Å². The number of thiazole rings is 1. The molecule has 0 spiro atoms. The zero-order valence-corrected chi connectivity index (χ0v) is 30.1. The number of nitrogens with one attached hydrogen (secondary N) is 2. The van der Waals surface area contributed by atoms with Crippen LogP contribution in [0.5, 0.6) is 0 Å². The summed E-state index contributed by atoms with van der Waals surface area (Å²) in [5.74, 6) is -1.30. The Hall–Kier alpha value is -3.65. The standard InChI is InChI=1S/C36H54N6O6S/c1-24-32(49-23-40-24)26-14-12-25(13-15-26)20-39-34(46)29-19-28(43)21-42(29)35(47)33(36(2,3)4)41-31(45)11-9-7-5-6-8-10-18-48-22-27(37)16-17-30(38)44/h8,10,12-15,23,27-29,33,43H,5-7,9,11,16-22,37H2,1-4H3,(H2,38,44)(H,39,46)(H,41,45)/b10-8-/t27-,28+,29-,33+/m0/s1. The number of ether oxygens (including phenoxy) is 1. The largest absolute Gasteiger partial charge is 0.391 e. The fourth-order valence-corrected chi connectivity index (χ4v) is 6.43. The van der Waals surface area contributed by atoms with Gasteiger partial charge < -0.3 is 36.8 Å². The van der Waals surface area contributed by atoms with E-state index in [1.165, 1.54) is 4.90 Å². The van der Waals surface area contributed by atoms with Crippen molar-refractivity contribution >= 4 is 35.0 Å². The number of nitrogens with zero attached hydrogens (tertiary/aromatic N) is 2. The summed E-state index contributed by atoms with van der Waals surface area (Å²) in [5.41, 5.74) is 15.2. The number of primary amides is 1. The number of amides is 4. The molecule has 0 unspecified atom stereocenters. The Bertz CT molecular complexity index is 1410. The molecule has 13 heteroatoms. The molecule has 1 fully saturated rings. The minimum atomic E-state index is -0.852. The van der Waals surface area contributed by atoms with Crippen LogP contribution in [0.4, 0.5) is 0 Å². The predicted molar refractivity (Wildman–Crippen MR) is 191 cm³/mol. The molecule has 1 aliphatic heterocycles. The summed E-state index contributed by atoms with van der Waals surface area (Å²) < 4.78 is 5.50. The van der Waals surface area contributed by atoms with Gasteiger partial charge in [0, 0.05) is 38.4 Å². The summed E-state index contributed by atoms with van der Waals surface area (Å²) in [7, 11) is 0. The Morgan fingerprint density at radius 2 is 1.86 bits per heavy atom. The summed E-state index contributed by atoms with van der Waals surface area (Å²) >= 11 is 1.58. The molecule has 1 aromatic carbocycles. The van der Waals surface area contributed by atoms with Gasteiger partial charge in [-0.1, -0.05) is 63.6 Å². The zero-order chi connectivity index (χ0) is 36.0. The third kappa shape index (κ3) is 13.3. The van der Waals surface area contributed by atoms with Crippen LogP contribution in [-0.2, 0) is 30.5 Å². The molecule has 3 rings (SSSR count). The predicted octanol–water partition coefficient (Wildman–Crippen LogP) is 3.34. The number of benzene rings is 1. The molecule has 49 heavy (non-hydrogen) atoms. The van der Waals surface area contributed by atoms with Gasteiger partial charge in [-0.15, -0.1) is 11.3 Å². The first-order valence-electron chi connectivity index (χ1n) is 17.1. The fourth-order valence-electron chi connectivity index (χ4n) is 5.62. The Morgan fingerprint density at radius 3 is 2.51 bits per heavy atom. The molecule has 0 radical (unpaired) electrons. The fraction of sp³-hybridized carbons (Fsp3) is 0.583. The van der Waals surface area contributed by atoms with Crippen molar-refractivity contribution in [2.24, 2.45) is 16.9 Å². The number of likely N-dealkylation sites (tertiary alicyclic amines) is 1. The number of hydrogen-bond donors (Lipinski definition) is 5. The van der Waals surface area contributed by atoms with Crippen molar-refractivity contribution in [2.75, 3.05) is 19.8 Å². The molecule has 12 nitrogen and oxygen atoms in total. The van der Waals surface area contributed by atoms with E-state index in [1.54, 1.807) is 11.3 Å². The number of unbranched alkanes of at least 4 members (excludes halogenated alkanes) is 3. The van der Waals surface area contributed by atoms with E-state index in [4.69, 9.17) is 16.2 Å². The van der Waals surface area contributed by atoms with E-state index in [0.29, 0.717) is 26.1 Å². The van der Waals surface area contributed by atoms with Crippen LogP contribution in [0, 0.1) is 12.3 Å². The molecule has 0 bridgehead atoms. The molecule has 4 atom stereocenters. The number of nitrogens with two attached hydrogens (primary N) is 2. The van der Waals surface area contributed by atoms with Gasteiger partial charge in [0.25, 0.3) is 0 Å². The maximum atomic E-state index is 13.8. The lowest BCUT2D eigenvalue weighted by Crippen LogP contribution is -2.57. The Labute approximate surface area is 294 Å². The number of carbonyl (C=O) groups excluding carboxylic acids is 4. The normalized spacial score (nSPS) is 17.6. The molecule has 1 aromatic heterocycles. The summed E-state index contributed by atoms with van der Waals surface area (Å²) in [6.07, 6.45) is 7.57. The maximum absolute atomic E-state index is 13.8. The monoisotopic (exact) mass is 698 g/mol. The molecule has 0 saturated carbocycles. The van der Waals surface area contributed by atoms with Gasteiger partial charge in [-0.05, 0) is 49.1 Å². The maximum Gasteiger partial charge on any atom is 0.246 e. The minimum absolute atomic E-state index is 0.0307. The molecule has 7 N–H and O–H groups in total. The van der Waals surface area contributed by atoms with E-state index in [1.807, 2.05) is 69.6 Å².